The third-order valence-corrected chi connectivity index (χ3v) is 3.10. The minimum atomic E-state index is -1.47. The van der Waals surface area contributed by atoms with Crippen LogP contribution < -0.4 is 14.8 Å². The molecule has 0 bridgehead atoms. The van der Waals surface area contributed by atoms with E-state index in [0.717, 1.165) is 0 Å². The maximum atomic E-state index is 12.1. The lowest BCUT2D eigenvalue weighted by Crippen LogP contribution is -2.60. The van der Waals surface area contributed by atoms with E-state index in [1.54, 1.807) is 24.3 Å². The van der Waals surface area contributed by atoms with Crippen LogP contribution in [0.4, 0.5) is 0 Å². The number of fused-ring (bicyclic) bond motifs is 1. The maximum absolute atomic E-state index is 12.1. The van der Waals surface area contributed by atoms with E-state index in [0.29, 0.717) is 11.5 Å². The van der Waals surface area contributed by atoms with Gasteiger partial charge in [-0.05, 0) is 12.1 Å². The number of ether oxygens (including phenoxy) is 2. The van der Waals surface area contributed by atoms with Crippen molar-refractivity contribution >= 4 is 5.91 Å². The highest BCUT2D eigenvalue weighted by molar-refractivity contribution is 5.82. The number of nitrogens with one attached hydrogen (secondary N) is 1. The highest BCUT2D eigenvalue weighted by Crippen LogP contribution is 2.30. The first-order valence-corrected chi connectivity index (χ1v) is 6.17. The molecule has 0 spiro atoms. The predicted molar refractivity (Wildman–Crippen MR) is 68.5 cm³/mol. The Bertz CT molecular complexity index is 465. The average molecular weight is 283 g/mol. The lowest BCUT2D eigenvalue weighted by molar-refractivity contribution is -0.134. The summed E-state index contributed by atoms with van der Waals surface area (Å²) in [6.07, 6.45) is -0.908. The molecule has 0 radical (unpaired) electrons. The molecule has 1 aromatic rings. The van der Waals surface area contributed by atoms with E-state index in [1.165, 1.54) is 0 Å². The first kappa shape index (κ1) is 14.6. The molecule has 0 fully saturated rings. The van der Waals surface area contributed by atoms with E-state index in [2.05, 4.69) is 5.32 Å². The fraction of sp³-hybridized carbons (Fsp3) is 0.462. The van der Waals surface area contributed by atoms with Crippen molar-refractivity contribution in [3.63, 3.8) is 0 Å². The molecule has 2 rings (SSSR count). The van der Waals surface area contributed by atoms with Crippen molar-refractivity contribution in [2.45, 2.75) is 11.6 Å². The SMILES string of the molecule is O=C(NC(CO)(CO)CO)C1COc2ccccc2O1. The van der Waals surface area contributed by atoms with E-state index in [9.17, 15) is 20.1 Å². The van der Waals surface area contributed by atoms with Crippen molar-refractivity contribution < 1.29 is 29.6 Å². The van der Waals surface area contributed by atoms with Crippen LogP contribution in [0.15, 0.2) is 24.3 Å². The minimum absolute atomic E-state index is 0.0151. The molecule has 0 aromatic heterocycles. The summed E-state index contributed by atoms with van der Waals surface area (Å²) in [6, 6.07) is 6.94. The Morgan fingerprint density at radius 2 is 1.80 bits per heavy atom. The second-order valence-corrected chi connectivity index (χ2v) is 4.61. The Labute approximate surface area is 115 Å². The van der Waals surface area contributed by atoms with Crippen LogP contribution in [0.3, 0.4) is 0 Å². The average Bonchev–Trinajstić information content (AvgIpc) is 2.52. The van der Waals surface area contributed by atoms with E-state index < -0.39 is 37.4 Å². The molecule has 4 N–H and O–H groups in total. The minimum Gasteiger partial charge on any atom is -0.485 e. The van der Waals surface area contributed by atoms with Crippen molar-refractivity contribution in [2.24, 2.45) is 0 Å². The molecule has 20 heavy (non-hydrogen) atoms. The van der Waals surface area contributed by atoms with Gasteiger partial charge in [-0.1, -0.05) is 12.1 Å². The Morgan fingerprint density at radius 1 is 1.20 bits per heavy atom. The molecule has 7 heteroatoms. The second-order valence-electron chi connectivity index (χ2n) is 4.61. The van der Waals surface area contributed by atoms with Gasteiger partial charge in [-0.3, -0.25) is 4.79 Å². The summed E-state index contributed by atoms with van der Waals surface area (Å²) in [5.74, 6) is 0.424. The quantitative estimate of drug-likeness (QED) is 0.532. The Morgan fingerprint density at radius 3 is 2.40 bits per heavy atom. The van der Waals surface area contributed by atoms with Gasteiger partial charge in [0.2, 0.25) is 6.10 Å². The van der Waals surface area contributed by atoms with Crippen LogP contribution in [-0.4, -0.2) is 59.3 Å². The summed E-state index contributed by atoms with van der Waals surface area (Å²) in [5.41, 5.74) is -1.47. The van der Waals surface area contributed by atoms with Gasteiger partial charge in [0.05, 0.1) is 19.8 Å². The molecule has 0 saturated heterocycles. The monoisotopic (exact) mass is 283 g/mol. The standard InChI is InChI=1S/C13H17NO6/c15-6-13(7-16,8-17)14-12(18)11-5-19-9-3-1-2-4-10(9)20-11/h1-4,11,15-17H,5-8H2,(H,14,18). The van der Waals surface area contributed by atoms with Crippen LogP contribution in [0.1, 0.15) is 0 Å². The number of hydrogen-bond donors (Lipinski definition) is 4. The molecule has 7 nitrogen and oxygen atoms in total. The molecule has 1 atom stereocenters. The summed E-state index contributed by atoms with van der Waals surface area (Å²) in [4.78, 5) is 12.1. The van der Waals surface area contributed by atoms with Crippen LogP contribution in [0, 0.1) is 0 Å². The zero-order valence-electron chi connectivity index (χ0n) is 10.8. The van der Waals surface area contributed by atoms with Crippen LogP contribution >= 0.6 is 0 Å². The molecule has 0 saturated carbocycles. The second kappa shape index (κ2) is 6.08. The van der Waals surface area contributed by atoms with E-state index >= 15 is 0 Å². The Hall–Kier alpha value is -1.83. The predicted octanol–water partition coefficient (Wildman–Crippen LogP) is -1.34. The van der Waals surface area contributed by atoms with Gasteiger partial charge in [0.25, 0.3) is 5.91 Å². The fourth-order valence-corrected chi connectivity index (χ4v) is 1.76. The highest BCUT2D eigenvalue weighted by Gasteiger charge is 2.35. The molecule has 1 aliphatic rings. The number of aliphatic hydroxyl groups is 3. The van der Waals surface area contributed by atoms with Crippen molar-refractivity contribution in [3.05, 3.63) is 24.3 Å². The molecule has 1 heterocycles. The topological polar surface area (TPSA) is 108 Å². The van der Waals surface area contributed by atoms with Crippen LogP contribution in [0.5, 0.6) is 11.5 Å². The van der Waals surface area contributed by atoms with Gasteiger partial charge in [-0.25, -0.2) is 0 Å². The fourth-order valence-electron chi connectivity index (χ4n) is 1.76. The molecule has 1 aromatic carbocycles. The van der Waals surface area contributed by atoms with Gasteiger partial charge < -0.3 is 30.1 Å². The number of amides is 1. The molecular formula is C13H17NO6. The van der Waals surface area contributed by atoms with Crippen molar-refractivity contribution in [1.29, 1.82) is 0 Å². The summed E-state index contributed by atoms with van der Waals surface area (Å²) in [6.45, 7) is -1.75. The number of rotatable bonds is 5. The number of aliphatic hydroxyl groups excluding tert-OH is 3. The lowest BCUT2D eigenvalue weighted by atomic mass is 10.0. The number of para-hydroxylation sites is 2. The van der Waals surface area contributed by atoms with E-state index in [4.69, 9.17) is 9.47 Å². The summed E-state index contributed by atoms with van der Waals surface area (Å²) >= 11 is 0. The van der Waals surface area contributed by atoms with Crippen LogP contribution in [0.25, 0.3) is 0 Å². The third kappa shape index (κ3) is 2.84. The summed E-state index contributed by atoms with van der Waals surface area (Å²) in [7, 11) is 0. The Balaban J connectivity index is 2.05. The van der Waals surface area contributed by atoms with Crippen LogP contribution in [-0.2, 0) is 4.79 Å². The van der Waals surface area contributed by atoms with Crippen LogP contribution in [0.2, 0.25) is 0 Å². The zero-order valence-corrected chi connectivity index (χ0v) is 10.8. The summed E-state index contributed by atoms with van der Waals surface area (Å²) < 4.78 is 10.9. The van der Waals surface area contributed by atoms with Gasteiger partial charge in [0.1, 0.15) is 12.1 Å². The lowest BCUT2D eigenvalue weighted by Gasteiger charge is -2.32. The normalized spacial score (nSPS) is 17.6. The van der Waals surface area contributed by atoms with Gasteiger partial charge >= 0.3 is 0 Å². The zero-order chi connectivity index (χ0) is 14.6. The molecule has 1 amide bonds. The van der Waals surface area contributed by atoms with Crippen molar-refractivity contribution in [2.75, 3.05) is 26.4 Å². The third-order valence-electron chi connectivity index (χ3n) is 3.10. The van der Waals surface area contributed by atoms with Crippen molar-refractivity contribution in [1.82, 2.24) is 5.32 Å². The molecular weight excluding hydrogens is 266 g/mol. The first-order chi connectivity index (χ1) is 9.64. The highest BCUT2D eigenvalue weighted by atomic mass is 16.6. The smallest absolute Gasteiger partial charge is 0.265 e. The van der Waals surface area contributed by atoms with Gasteiger partial charge in [0, 0.05) is 0 Å². The molecule has 1 aliphatic heterocycles. The molecule has 110 valence electrons. The van der Waals surface area contributed by atoms with Crippen molar-refractivity contribution in [3.8, 4) is 11.5 Å². The van der Waals surface area contributed by atoms with E-state index in [1.807, 2.05) is 0 Å². The summed E-state index contributed by atoms with van der Waals surface area (Å²) in [5, 5.41) is 29.9. The number of carbonyl (C=O) groups is 1. The molecule has 0 aliphatic carbocycles. The van der Waals surface area contributed by atoms with Gasteiger partial charge in [0.15, 0.2) is 11.5 Å². The largest absolute Gasteiger partial charge is 0.485 e. The van der Waals surface area contributed by atoms with Gasteiger partial charge in [-0.2, -0.15) is 0 Å². The maximum Gasteiger partial charge on any atom is 0.265 e. The Kier molecular flexibility index (Phi) is 4.43. The number of benzene rings is 1. The van der Waals surface area contributed by atoms with E-state index in [-0.39, 0.29) is 6.61 Å². The molecule has 1 unspecified atom stereocenters. The van der Waals surface area contributed by atoms with Gasteiger partial charge in [-0.15, -0.1) is 0 Å². The number of carbonyl (C=O) groups excluding carboxylic acids is 1. The first-order valence-electron chi connectivity index (χ1n) is 6.17. The number of hydrogen-bond acceptors (Lipinski definition) is 6.